The molecule has 3 aliphatic carbocycles. The third-order valence-corrected chi connectivity index (χ3v) is 6.00. The van der Waals surface area contributed by atoms with Crippen LogP contribution in [0.2, 0.25) is 0 Å². The van der Waals surface area contributed by atoms with Crippen LogP contribution >= 0.6 is 0 Å². The summed E-state index contributed by atoms with van der Waals surface area (Å²) in [7, 11) is 2.67. The molecule has 0 heterocycles. The predicted octanol–water partition coefficient (Wildman–Crippen LogP) is 1.81. The van der Waals surface area contributed by atoms with Crippen molar-refractivity contribution in [3.8, 4) is 0 Å². The van der Waals surface area contributed by atoms with E-state index in [2.05, 4.69) is 0 Å². The Balaban J connectivity index is 1.81. The van der Waals surface area contributed by atoms with Gasteiger partial charge in [0.1, 0.15) is 0 Å². The Hall–Kier alpha value is -2.17. The number of rotatable bonds is 2. The molecule has 0 N–H and O–H groups in total. The largest absolute Gasteiger partial charge is 0.469 e. The van der Waals surface area contributed by atoms with E-state index in [1.807, 2.05) is 24.3 Å². The number of esters is 2. The number of fused-ring (bicyclic) bond motifs is 7. The molecule has 1 aromatic carbocycles. The number of carbonyl (C=O) groups excluding carboxylic acids is 3. The monoisotopic (exact) mass is 314 g/mol. The molecule has 3 aliphatic rings. The van der Waals surface area contributed by atoms with Gasteiger partial charge in [-0.25, -0.2) is 0 Å². The van der Waals surface area contributed by atoms with Crippen LogP contribution in [0.25, 0.3) is 0 Å². The smallest absolute Gasteiger partial charge is 0.309 e. The van der Waals surface area contributed by atoms with Crippen LogP contribution in [0.5, 0.6) is 0 Å². The summed E-state index contributed by atoms with van der Waals surface area (Å²) in [6, 6.07) is 7.59. The van der Waals surface area contributed by atoms with Crippen LogP contribution < -0.4 is 0 Å². The van der Waals surface area contributed by atoms with Crippen LogP contribution in [-0.2, 0) is 19.1 Å². The van der Waals surface area contributed by atoms with Gasteiger partial charge < -0.3 is 9.47 Å². The van der Waals surface area contributed by atoms with E-state index >= 15 is 0 Å². The molecule has 120 valence electrons. The van der Waals surface area contributed by atoms with E-state index in [0.717, 1.165) is 11.1 Å². The van der Waals surface area contributed by atoms with E-state index in [1.54, 1.807) is 0 Å². The summed E-state index contributed by atoms with van der Waals surface area (Å²) in [6.45, 7) is 0. The van der Waals surface area contributed by atoms with Gasteiger partial charge in [-0.05, 0) is 29.7 Å². The number of hydrogen-bond acceptors (Lipinski definition) is 5. The van der Waals surface area contributed by atoms with Crippen molar-refractivity contribution < 1.29 is 23.9 Å². The van der Waals surface area contributed by atoms with Gasteiger partial charge in [-0.15, -0.1) is 0 Å². The Kier molecular flexibility index (Phi) is 3.08. The first-order chi connectivity index (χ1) is 11.1. The fraction of sp³-hybridized carbons (Fsp3) is 0.500. The topological polar surface area (TPSA) is 69.7 Å². The van der Waals surface area contributed by atoms with Gasteiger partial charge in [-0.3, -0.25) is 14.4 Å². The molecule has 0 saturated heterocycles. The van der Waals surface area contributed by atoms with Crippen LogP contribution in [0.15, 0.2) is 24.3 Å². The Bertz CT molecular complexity index is 709. The highest BCUT2D eigenvalue weighted by Crippen LogP contribution is 2.65. The van der Waals surface area contributed by atoms with Crippen molar-refractivity contribution in [2.45, 2.75) is 12.3 Å². The van der Waals surface area contributed by atoms with Crippen LogP contribution in [-0.4, -0.2) is 31.9 Å². The molecule has 5 heteroatoms. The summed E-state index contributed by atoms with van der Waals surface area (Å²) >= 11 is 0. The van der Waals surface area contributed by atoms with Crippen LogP contribution in [0.1, 0.15) is 28.3 Å². The van der Waals surface area contributed by atoms with Crippen molar-refractivity contribution in [2.24, 2.45) is 29.6 Å². The minimum atomic E-state index is -0.572. The normalized spacial score (nSPS) is 36.5. The summed E-state index contributed by atoms with van der Waals surface area (Å²) < 4.78 is 9.86. The lowest BCUT2D eigenvalue weighted by Gasteiger charge is -2.34. The number of hydrogen-bond donors (Lipinski definition) is 0. The summed E-state index contributed by atoms with van der Waals surface area (Å²) in [4.78, 5) is 37.4. The third-order valence-electron chi connectivity index (χ3n) is 6.00. The molecule has 5 nitrogen and oxygen atoms in total. The van der Waals surface area contributed by atoms with Crippen molar-refractivity contribution in [1.29, 1.82) is 0 Å². The highest BCUT2D eigenvalue weighted by molar-refractivity contribution is 6.04. The first kappa shape index (κ1) is 14.4. The van der Waals surface area contributed by atoms with Gasteiger partial charge in [0.05, 0.1) is 26.1 Å². The van der Waals surface area contributed by atoms with Gasteiger partial charge >= 0.3 is 11.9 Å². The molecule has 1 aromatic rings. The maximum atomic E-state index is 12.8. The Morgan fingerprint density at radius 1 is 0.957 bits per heavy atom. The highest BCUT2D eigenvalue weighted by Gasteiger charge is 2.67. The van der Waals surface area contributed by atoms with Crippen LogP contribution in [0, 0.1) is 29.6 Å². The molecular formula is C18H18O5. The molecule has 4 rings (SSSR count). The highest BCUT2D eigenvalue weighted by atomic mass is 16.5. The van der Waals surface area contributed by atoms with E-state index in [1.165, 1.54) is 14.2 Å². The predicted molar refractivity (Wildman–Crippen MR) is 79.6 cm³/mol. The van der Waals surface area contributed by atoms with Gasteiger partial charge in [0.2, 0.25) is 0 Å². The number of benzene rings is 1. The number of Topliss-reactive ketones (excluding diaryl/α,β-unsaturated/α-hetero) is 1. The molecule has 0 amide bonds. The van der Waals surface area contributed by atoms with Crippen molar-refractivity contribution in [3.63, 3.8) is 0 Å². The SMILES string of the molecule is COC(=O)[C@@H]1[C@H]2C[C@@H]([C@@H]1C(=O)OC)[C@@H]1C(=O)c3ccccc3[C@H]21. The second-order valence-corrected chi connectivity index (χ2v) is 6.66. The zero-order valence-electron chi connectivity index (χ0n) is 13.0. The standard InChI is InChI=1S/C18H18O5/c1-22-17(20)14-10-7-11(15(14)18(21)23-2)13-12(10)8-5-3-4-6-9(8)16(13)19/h3-6,10-15H,7H2,1-2H3/t10-,11+,12+,13-,14+,15-/m0/s1. The summed E-state index contributed by atoms with van der Waals surface area (Å²) in [6.07, 6.45) is 0.703. The molecule has 2 fully saturated rings. The van der Waals surface area contributed by atoms with E-state index < -0.39 is 17.8 Å². The lowest BCUT2D eigenvalue weighted by molar-refractivity contribution is -0.161. The molecule has 0 radical (unpaired) electrons. The number of ketones is 1. The lowest BCUT2D eigenvalue weighted by atomic mass is 9.68. The van der Waals surface area contributed by atoms with Crippen molar-refractivity contribution in [3.05, 3.63) is 35.4 Å². The fourth-order valence-electron chi connectivity index (χ4n) is 5.30. The van der Waals surface area contributed by atoms with E-state index in [0.29, 0.717) is 6.42 Å². The summed E-state index contributed by atoms with van der Waals surface area (Å²) in [5, 5.41) is 0. The summed E-state index contributed by atoms with van der Waals surface area (Å²) in [5.74, 6) is -2.12. The van der Waals surface area contributed by atoms with Crippen molar-refractivity contribution in [2.75, 3.05) is 14.2 Å². The maximum Gasteiger partial charge on any atom is 0.309 e. The number of carbonyl (C=O) groups is 3. The molecule has 0 unspecified atom stereocenters. The van der Waals surface area contributed by atoms with E-state index in [4.69, 9.17) is 9.47 Å². The van der Waals surface area contributed by atoms with Gasteiger partial charge in [0.25, 0.3) is 0 Å². The molecule has 2 bridgehead atoms. The van der Waals surface area contributed by atoms with E-state index in [9.17, 15) is 14.4 Å². The molecule has 0 aromatic heterocycles. The molecule has 0 spiro atoms. The van der Waals surface area contributed by atoms with Crippen LogP contribution in [0.4, 0.5) is 0 Å². The Labute approximate surface area is 134 Å². The van der Waals surface area contributed by atoms with Gasteiger partial charge in [-0.2, -0.15) is 0 Å². The van der Waals surface area contributed by atoms with Crippen molar-refractivity contribution in [1.82, 2.24) is 0 Å². The van der Waals surface area contributed by atoms with Crippen LogP contribution in [0.3, 0.4) is 0 Å². The fourth-order valence-corrected chi connectivity index (χ4v) is 5.30. The Morgan fingerprint density at radius 2 is 1.52 bits per heavy atom. The molecule has 23 heavy (non-hydrogen) atoms. The van der Waals surface area contributed by atoms with Gasteiger partial charge in [-0.1, -0.05) is 24.3 Å². The zero-order chi connectivity index (χ0) is 16.3. The first-order valence-corrected chi connectivity index (χ1v) is 7.89. The molecule has 6 atom stereocenters. The van der Waals surface area contributed by atoms with E-state index in [-0.39, 0.29) is 35.4 Å². The maximum absolute atomic E-state index is 12.8. The third kappa shape index (κ3) is 1.70. The van der Waals surface area contributed by atoms with Gasteiger partial charge in [0, 0.05) is 11.5 Å². The molecule has 0 aliphatic heterocycles. The average molecular weight is 314 g/mol. The first-order valence-electron chi connectivity index (χ1n) is 7.89. The lowest BCUT2D eigenvalue weighted by Crippen LogP contribution is -2.42. The zero-order valence-corrected chi connectivity index (χ0v) is 13.0. The molecule has 2 saturated carbocycles. The minimum absolute atomic E-state index is 0.0220. The van der Waals surface area contributed by atoms with Crippen molar-refractivity contribution >= 4 is 17.7 Å². The number of ether oxygens (including phenoxy) is 2. The van der Waals surface area contributed by atoms with Gasteiger partial charge in [0.15, 0.2) is 5.78 Å². The quantitative estimate of drug-likeness (QED) is 0.779. The molecular weight excluding hydrogens is 296 g/mol. The Morgan fingerprint density at radius 3 is 2.13 bits per heavy atom. The second kappa shape index (κ2) is 4.91. The number of methoxy groups -OCH3 is 2. The summed E-state index contributed by atoms with van der Waals surface area (Å²) in [5.41, 5.74) is 1.76. The minimum Gasteiger partial charge on any atom is -0.469 e. The second-order valence-electron chi connectivity index (χ2n) is 6.66. The average Bonchev–Trinajstić information content (AvgIpc) is 3.23.